The second-order valence-electron chi connectivity index (χ2n) is 6.82. The highest BCUT2D eigenvalue weighted by Gasteiger charge is 2.34. The number of hydrogen-bond acceptors (Lipinski definition) is 10. The molecule has 0 saturated heterocycles. The molecule has 3 heterocycles. The van der Waals surface area contributed by atoms with E-state index >= 15 is 0 Å². The summed E-state index contributed by atoms with van der Waals surface area (Å²) in [6.07, 6.45) is 0. The zero-order valence-electron chi connectivity index (χ0n) is 15.9. The topological polar surface area (TPSA) is 188 Å². The molecule has 5 rings (SSSR count). The number of nitro groups is 2. The second-order valence-corrected chi connectivity index (χ2v) is 6.82. The van der Waals surface area contributed by atoms with Gasteiger partial charge in [0.05, 0.1) is 15.5 Å². The van der Waals surface area contributed by atoms with Crippen molar-refractivity contribution in [2.75, 3.05) is 5.32 Å². The number of aromatic amines is 1. The molecular formula is C18H11N9O5. The smallest absolute Gasteiger partial charge is 0.288 e. The molecule has 0 radical (unpaired) electrons. The number of nitrogens with one attached hydrogen (secondary N) is 2. The molecule has 158 valence electrons. The highest BCUT2D eigenvalue weighted by molar-refractivity contribution is 5.75. The summed E-state index contributed by atoms with van der Waals surface area (Å²) in [5, 5.41) is 43.1. The van der Waals surface area contributed by atoms with E-state index in [2.05, 4.69) is 31.0 Å². The van der Waals surface area contributed by atoms with Crippen molar-refractivity contribution in [1.82, 2.24) is 30.4 Å². The zero-order chi connectivity index (χ0) is 22.4. The molecule has 0 bridgehead atoms. The Labute approximate surface area is 176 Å². The van der Waals surface area contributed by atoms with E-state index in [-0.39, 0.29) is 23.0 Å². The average Bonchev–Trinajstić information content (AvgIpc) is 3.27. The van der Waals surface area contributed by atoms with E-state index in [0.717, 1.165) is 0 Å². The van der Waals surface area contributed by atoms with Crippen molar-refractivity contribution < 1.29 is 9.85 Å². The van der Waals surface area contributed by atoms with Gasteiger partial charge < -0.3 is 5.32 Å². The first-order valence-corrected chi connectivity index (χ1v) is 9.10. The molecule has 0 amide bonds. The maximum absolute atomic E-state index is 12.6. The number of anilines is 2. The number of benzene rings is 2. The van der Waals surface area contributed by atoms with Gasteiger partial charge in [-0.3, -0.25) is 25.0 Å². The van der Waals surface area contributed by atoms with E-state index in [1.807, 2.05) is 0 Å². The molecule has 2 aromatic heterocycles. The lowest BCUT2D eigenvalue weighted by Crippen LogP contribution is -2.29. The number of H-pyrrole nitrogens is 1. The van der Waals surface area contributed by atoms with E-state index in [0.29, 0.717) is 22.4 Å². The number of tetrazole rings is 1. The number of rotatable bonds is 4. The minimum absolute atomic E-state index is 0.0974. The number of nitro benzene ring substituents is 2. The van der Waals surface area contributed by atoms with E-state index in [1.54, 1.807) is 12.1 Å². The lowest BCUT2D eigenvalue weighted by atomic mass is 9.92. The number of fused-ring (bicyclic) bond motifs is 2. The van der Waals surface area contributed by atoms with Crippen molar-refractivity contribution in [3.05, 3.63) is 90.2 Å². The van der Waals surface area contributed by atoms with Crippen molar-refractivity contribution in [3.63, 3.8) is 0 Å². The Morgan fingerprint density at radius 3 is 2.19 bits per heavy atom. The van der Waals surface area contributed by atoms with Crippen LogP contribution in [0.4, 0.5) is 23.0 Å². The van der Waals surface area contributed by atoms with E-state index in [9.17, 15) is 25.0 Å². The third-order valence-electron chi connectivity index (χ3n) is 5.04. The van der Waals surface area contributed by atoms with Crippen LogP contribution in [0.25, 0.3) is 11.3 Å². The predicted octanol–water partition coefficient (Wildman–Crippen LogP) is 1.93. The van der Waals surface area contributed by atoms with Gasteiger partial charge in [0.1, 0.15) is 11.7 Å². The summed E-state index contributed by atoms with van der Waals surface area (Å²) < 4.78 is 1.43. The molecule has 32 heavy (non-hydrogen) atoms. The Kier molecular flexibility index (Phi) is 4.18. The Morgan fingerprint density at radius 2 is 1.56 bits per heavy atom. The van der Waals surface area contributed by atoms with Crippen molar-refractivity contribution in [2.45, 2.75) is 6.04 Å². The fourth-order valence-corrected chi connectivity index (χ4v) is 3.59. The van der Waals surface area contributed by atoms with Crippen molar-refractivity contribution in [3.8, 4) is 11.3 Å². The minimum Gasteiger partial charge on any atom is -0.318 e. The molecule has 4 aromatic rings. The molecule has 2 aromatic carbocycles. The fourth-order valence-electron chi connectivity index (χ4n) is 3.59. The molecule has 0 saturated carbocycles. The van der Waals surface area contributed by atoms with E-state index < -0.39 is 21.4 Å². The van der Waals surface area contributed by atoms with E-state index in [4.69, 9.17) is 0 Å². The Balaban J connectivity index is 1.74. The maximum Gasteiger partial charge on any atom is 0.288 e. The molecule has 0 unspecified atom stereocenters. The normalized spacial score (nSPS) is 14.2. The molecule has 1 aliphatic heterocycles. The van der Waals surface area contributed by atoms with Gasteiger partial charge in [0, 0.05) is 35.4 Å². The quantitative estimate of drug-likeness (QED) is 0.313. The van der Waals surface area contributed by atoms with Gasteiger partial charge in [-0.05, 0) is 40.3 Å². The van der Waals surface area contributed by atoms with Crippen LogP contribution < -0.4 is 10.9 Å². The van der Waals surface area contributed by atoms with Crippen LogP contribution in [0.15, 0.2) is 53.3 Å². The summed E-state index contributed by atoms with van der Waals surface area (Å²) in [6, 6.07) is 10.7. The Bertz CT molecular complexity index is 1430. The first kappa shape index (κ1) is 19.0. The molecular weight excluding hydrogens is 422 g/mol. The lowest BCUT2D eigenvalue weighted by Gasteiger charge is -2.27. The van der Waals surface area contributed by atoms with Crippen LogP contribution in [0.2, 0.25) is 0 Å². The number of aromatic nitrogens is 6. The van der Waals surface area contributed by atoms with Crippen molar-refractivity contribution in [1.29, 1.82) is 0 Å². The molecule has 0 spiro atoms. The molecule has 0 fully saturated rings. The summed E-state index contributed by atoms with van der Waals surface area (Å²) >= 11 is 0. The number of hydrogen-bond donors (Lipinski definition) is 2. The standard InChI is InChI=1S/C18H11N9O5/c28-17-15-13(14(20-21-17)9-1-5-11(6-2-9)26(29)30)16(25-18(19-15)22-23-24-25)10-3-7-12(8-4-10)27(31)32/h1-8,16H,(H,21,28)(H,19,22,24)/t16-/m0/s1. The molecule has 14 nitrogen and oxygen atoms in total. The van der Waals surface area contributed by atoms with Crippen LogP contribution in [0.1, 0.15) is 17.2 Å². The highest BCUT2D eigenvalue weighted by atomic mass is 16.6. The molecule has 1 aliphatic rings. The fraction of sp³-hybridized carbons (Fsp3) is 0.0556. The largest absolute Gasteiger partial charge is 0.318 e. The van der Waals surface area contributed by atoms with Crippen LogP contribution in [-0.4, -0.2) is 40.3 Å². The summed E-state index contributed by atoms with van der Waals surface area (Å²) in [6.45, 7) is 0. The minimum atomic E-state index is -0.739. The third kappa shape index (κ3) is 2.94. The second kappa shape index (κ2) is 7.05. The molecule has 0 aliphatic carbocycles. The van der Waals surface area contributed by atoms with Gasteiger partial charge in [-0.25, -0.2) is 5.10 Å². The number of non-ortho nitro benzene ring substituents is 2. The maximum atomic E-state index is 12.6. The molecule has 2 N–H and O–H groups in total. The molecule has 14 heteroatoms. The van der Waals surface area contributed by atoms with Gasteiger partial charge in [0.2, 0.25) is 5.95 Å². The van der Waals surface area contributed by atoms with Gasteiger partial charge >= 0.3 is 0 Å². The van der Waals surface area contributed by atoms with Crippen molar-refractivity contribution >= 4 is 23.0 Å². The zero-order valence-corrected chi connectivity index (χ0v) is 15.9. The van der Waals surface area contributed by atoms with Crippen LogP contribution in [0.5, 0.6) is 0 Å². The van der Waals surface area contributed by atoms with Gasteiger partial charge in [0.25, 0.3) is 16.9 Å². The SMILES string of the molecule is O=c1[nH]nc(-c2ccc([N+](=O)[O-])cc2)c2c1Nc1nnnn1[C@H]2c1ccc([N+](=O)[O-])cc1. The number of nitrogens with zero attached hydrogens (tertiary/aromatic N) is 7. The first-order valence-electron chi connectivity index (χ1n) is 9.10. The predicted molar refractivity (Wildman–Crippen MR) is 108 cm³/mol. The summed E-state index contributed by atoms with van der Waals surface area (Å²) in [5.74, 6) is 0.201. The third-order valence-corrected chi connectivity index (χ3v) is 5.04. The van der Waals surface area contributed by atoms with E-state index in [1.165, 1.54) is 41.1 Å². The van der Waals surface area contributed by atoms with Gasteiger partial charge in [-0.15, -0.1) is 0 Å². The summed E-state index contributed by atoms with van der Waals surface area (Å²) in [7, 11) is 0. The van der Waals surface area contributed by atoms with Crippen LogP contribution in [-0.2, 0) is 0 Å². The van der Waals surface area contributed by atoms with Gasteiger partial charge in [0.15, 0.2) is 0 Å². The first-order chi connectivity index (χ1) is 15.4. The monoisotopic (exact) mass is 433 g/mol. The van der Waals surface area contributed by atoms with Crippen LogP contribution >= 0.6 is 0 Å². The summed E-state index contributed by atoms with van der Waals surface area (Å²) in [4.78, 5) is 33.6. The highest BCUT2D eigenvalue weighted by Crippen LogP contribution is 2.41. The van der Waals surface area contributed by atoms with Crippen LogP contribution in [0, 0.1) is 20.2 Å². The van der Waals surface area contributed by atoms with Crippen molar-refractivity contribution in [2.24, 2.45) is 0 Å². The average molecular weight is 433 g/mol. The van der Waals surface area contributed by atoms with Crippen LogP contribution in [0.3, 0.4) is 0 Å². The summed E-state index contributed by atoms with van der Waals surface area (Å²) in [5.41, 5.74) is 1.27. The Hall–Kier alpha value is -5.01. The lowest BCUT2D eigenvalue weighted by molar-refractivity contribution is -0.385. The molecule has 1 atom stereocenters. The van der Waals surface area contributed by atoms with Gasteiger partial charge in [-0.2, -0.15) is 9.78 Å². The van der Waals surface area contributed by atoms with Gasteiger partial charge in [-0.1, -0.05) is 5.10 Å². The Morgan fingerprint density at radius 1 is 0.938 bits per heavy atom.